The van der Waals surface area contributed by atoms with Crippen molar-refractivity contribution in [2.75, 3.05) is 6.54 Å². The van der Waals surface area contributed by atoms with Crippen LogP contribution in [-0.4, -0.2) is 29.3 Å². The van der Waals surface area contributed by atoms with Gasteiger partial charge in [0.05, 0.1) is 5.92 Å². The maximum Gasteiger partial charge on any atom is 0.223 e. The average Bonchev–Trinajstić information content (AvgIpc) is 2.48. The van der Waals surface area contributed by atoms with E-state index in [-0.39, 0.29) is 36.3 Å². The van der Waals surface area contributed by atoms with Crippen molar-refractivity contribution in [1.29, 1.82) is 0 Å². The number of halogens is 2. The number of primary amides is 1. The van der Waals surface area contributed by atoms with Crippen molar-refractivity contribution in [3.8, 4) is 0 Å². The molecule has 0 spiro atoms. The van der Waals surface area contributed by atoms with Gasteiger partial charge in [0.25, 0.3) is 0 Å². The lowest BCUT2D eigenvalue weighted by atomic mass is 9.92. The van der Waals surface area contributed by atoms with E-state index >= 15 is 0 Å². The fourth-order valence-electron chi connectivity index (χ4n) is 2.81. The summed E-state index contributed by atoms with van der Waals surface area (Å²) in [6.07, 6.45) is 1.61. The highest BCUT2D eigenvalue weighted by molar-refractivity contribution is 5.80. The molecule has 4 nitrogen and oxygen atoms in total. The lowest BCUT2D eigenvalue weighted by Gasteiger charge is -2.37. The third-order valence-corrected chi connectivity index (χ3v) is 4.24. The second kappa shape index (κ2) is 6.85. The molecule has 0 bridgehead atoms. The predicted molar refractivity (Wildman–Crippen MR) is 77.8 cm³/mol. The van der Waals surface area contributed by atoms with Crippen LogP contribution in [0.2, 0.25) is 0 Å². The maximum absolute atomic E-state index is 13.6. The summed E-state index contributed by atoms with van der Waals surface area (Å²) >= 11 is 0. The molecule has 1 aliphatic heterocycles. The Labute approximate surface area is 128 Å². The largest absolute Gasteiger partial charge is 0.369 e. The number of hydrogen-bond donors (Lipinski definition) is 1. The Morgan fingerprint density at radius 3 is 2.73 bits per heavy atom. The van der Waals surface area contributed by atoms with Crippen LogP contribution in [-0.2, 0) is 16.0 Å². The van der Waals surface area contributed by atoms with Gasteiger partial charge in [-0.15, -0.1) is 0 Å². The summed E-state index contributed by atoms with van der Waals surface area (Å²) in [5.41, 5.74) is 5.49. The lowest BCUT2D eigenvalue weighted by molar-refractivity contribution is -0.137. The van der Waals surface area contributed by atoms with Crippen LogP contribution in [0.25, 0.3) is 0 Å². The highest BCUT2D eigenvalue weighted by Gasteiger charge is 2.31. The van der Waals surface area contributed by atoms with Gasteiger partial charge in [-0.3, -0.25) is 9.59 Å². The molecular weight excluding hydrogens is 290 g/mol. The highest BCUT2D eigenvalue weighted by Crippen LogP contribution is 2.23. The molecular formula is C16H20F2N2O2. The maximum atomic E-state index is 13.6. The van der Waals surface area contributed by atoms with E-state index in [0.29, 0.717) is 19.4 Å². The van der Waals surface area contributed by atoms with E-state index in [0.717, 1.165) is 6.07 Å². The third-order valence-electron chi connectivity index (χ3n) is 4.24. The molecule has 0 radical (unpaired) electrons. The normalized spacial score (nSPS) is 21.7. The van der Waals surface area contributed by atoms with Gasteiger partial charge in [-0.2, -0.15) is 0 Å². The van der Waals surface area contributed by atoms with E-state index in [9.17, 15) is 18.4 Å². The SMILES string of the molecule is C[C@@H]1CC[C@H](C(N)=O)CN1C(=O)CCc1cccc(F)c1F. The molecule has 2 amide bonds. The number of nitrogens with two attached hydrogens (primary N) is 1. The molecule has 1 fully saturated rings. The number of rotatable bonds is 4. The van der Waals surface area contributed by atoms with E-state index in [1.54, 1.807) is 4.90 Å². The van der Waals surface area contributed by atoms with Gasteiger partial charge < -0.3 is 10.6 Å². The molecule has 22 heavy (non-hydrogen) atoms. The Balaban J connectivity index is 1.99. The number of likely N-dealkylation sites (tertiary alicyclic amines) is 1. The second-order valence-corrected chi connectivity index (χ2v) is 5.78. The van der Waals surface area contributed by atoms with Crippen molar-refractivity contribution in [3.63, 3.8) is 0 Å². The average molecular weight is 310 g/mol. The van der Waals surface area contributed by atoms with Crippen LogP contribution < -0.4 is 5.73 Å². The molecule has 0 saturated carbocycles. The van der Waals surface area contributed by atoms with Gasteiger partial charge in [-0.25, -0.2) is 8.78 Å². The molecule has 1 aromatic rings. The van der Waals surface area contributed by atoms with Crippen molar-refractivity contribution in [3.05, 3.63) is 35.4 Å². The Morgan fingerprint density at radius 1 is 1.32 bits per heavy atom. The standard InChI is InChI=1S/C16H20F2N2O2/c1-10-5-6-12(16(19)22)9-20(10)14(21)8-7-11-3-2-4-13(17)15(11)18/h2-4,10,12H,5-9H2,1H3,(H2,19,22)/t10-,12+/m1/s1. The summed E-state index contributed by atoms with van der Waals surface area (Å²) in [7, 11) is 0. The monoisotopic (exact) mass is 310 g/mol. The summed E-state index contributed by atoms with van der Waals surface area (Å²) in [5, 5.41) is 0. The van der Waals surface area contributed by atoms with Crippen LogP contribution in [0.3, 0.4) is 0 Å². The summed E-state index contributed by atoms with van der Waals surface area (Å²) < 4.78 is 26.7. The highest BCUT2D eigenvalue weighted by atomic mass is 19.2. The lowest BCUT2D eigenvalue weighted by Crippen LogP contribution is -2.48. The number of carbonyl (C=O) groups excluding carboxylic acids is 2. The number of carbonyl (C=O) groups is 2. The summed E-state index contributed by atoms with van der Waals surface area (Å²) in [6, 6.07) is 3.97. The van der Waals surface area contributed by atoms with Gasteiger partial charge in [0.1, 0.15) is 0 Å². The first-order valence-corrected chi connectivity index (χ1v) is 7.41. The molecule has 0 aromatic heterocycles. The van der Waals surface area contributed by atoms with Crippen molar-refractivity contribution >= 4 is 11.8 Å². The zero-order valence-electron chi connectivity index (χ0n) is 12.5. The summed E-state index contributed by atoms with van der Waals surface area (Å²) in [4.78, 5) is 25.2. The van der Waals surface area contributed by atoms with Gasteiger partial charge in [-0.05, 0) is 37.8 Å². The molecule has 2 atom stereocenters. The summed E-state index contributed by atoms with van der Waals surface area (Å²) in [6.45, 7) is 2.22. The third kappa shape index (κ3) is 3.61. The van der Waals surface area contributed by atoms with Gasteiger partial charge in [0, 0.05) is 19.0 Å². The molecule has 1 saturated heterocycles. The van der Waals surface area contributed by atoms with E-state index in [2.05, 4.69) is 0 Å². The number of amides is 2. The van der Waals surface area contributed by atoms with Crippen molar-refractivity contribution in [2.45, 2.75) is 38.6 Å². The number of benzene rings is 1. The molecule has 120 valence electrons. The van der Waals surface area contributed by atoms with Gasteiger partial charge in [0.15, 0.2) is 11.6 Å². The van der Waals surface area contributed by atoms with Crippen LogP contribution >= 0.6 is 0 Å². The number of aryl methyl sites for hydroxylation is 1. The van der Waals surface area contributed by atoms with E-state index in [4.69, 9.17) is 5.73 Å². The Morgan fingerprint density at radius 2 is 2.05 bits per heavy atom. The molecule has 1 aromatic carbocycles. The van der Waals surface area contributed by atoms with Crippen LogP contribution in [0.5, 0.6) is 0 Å². The molecule has 0 unspecified atom stereocenters. The van der Waals surface area contributed by atoms with Crippen LogP contribution in [0, 0.1) is 17.6 Å². The first-order valence-electron chi connectivity index (χ1n) is 7.41. The topological polar surface area (TPSA) is 63.4 Å². The predicted octanol–water partition coefficient (Wildman–Crippen LogP) is 2.01. The molecule has 2 N–H and O–H groups in total. The van der Waals surface area contributed by atoms with E-state index in [1.165, 1.54) is 12.1 Å². The molecule has 2 rings (SSSR count). The minimum atomic E-state index is -0.912. The van der Waals surface area contributed by atoms with Gasteiger partial charge >= 0.3 is 0 Å². The number of nitrogens with zero attached hydrogens (tertiary/aromatic N) is 1. The minimum absolute atomic E-state index is 0.0282. The molecule has 1 heterocycles. The first kappa shape index (κ1) is 16.4. The quantitative estimate of drug-likeness (QED) is 0.924. The van der Waals surface area contributed by atoms with E-state index in [1.807, 2.05) is 6.92 Å². The van der Waals surface area contributed by atoms with Crippen molar-refractivity contribution in [1.82, 2.24) is 4.90 Å². The molecule has 6 heteroatoms. The first-order chi connectivity index (χ1) is 10.4. The Bertz CT molecular complexity index is 577. The van der Waals surface area contributed by atoms with Crippen LogP contribution in [0.4, 0.5) is 8.78 Å². The number of hydrogen-bond acceptors (Lipinski definition) is 2. The second-order valence-electron chi connectivity index (χ2n) is 5.78. The summed E-state index contributed by atoms with van der Waals surface area (Å²) in [5.74, 6) is -2.71. The van der Waals surface area contributed by atoms with Crippen molar-refractivity contribution < 1.29 is 18.4 Å². The smallest absolute Gasteiger partial charge is 0.223 e. The Hall–Kier alpha value is -1.98. The zero-order chi connectivity index (χ0) is 16.3. The Kier molecular flexibility index (Phi) is 5.11. The molecule has 0 aliphatic carbocycles. The van der Waals surface area contributed by atoms with E-state index < -0.39 is 17.5 Å². The van der Waals surface area contributed by atoms with Crippen LogP contribution in [0.15, 0.2) is 18.2 Å². The van der Waals surface area contributed by atoms with Gasteiger partial charge in [-0.1, -0.05) is 12.1 Å². The molecule has 1 aliphatic rings. The number of piperidine rings is 1. The van der Waals surface area contributed by atoms with Gasteiger partial charge in [0.2, 0.25) is 11.8 Å². The van der Waals surface area contributed by atoms with Crippen molar-refractivity contribution in [2.24, 2.45) is 11.7 Å². The zero-order valence-corrected chi connectivity index (χ0v) is 12.5. The fourth-order valence-corrected chi connectivity index (χ4v) is 2.81. The minimum Gasteiger partial charge on any atom is -0.369 e. The van der Waals surface area contributed by atoms with Crippen LogP contribution in [0.1, 0.15) is 31.7 Å². The fraction of sp³-hybridized carbons (Fsp3) is 0.500.